The average molecular weight is 138 g/mol. The third-order valence-electron chi connectivity index (χ3n) is 2.06. The van der Waals surface area contributed by atoms with Crippen LogP contribution in [-0.2, 0) is 4.79 Å². The molecule has 1 heteroatoms. The summed E-state index contributed by atoms with van der Waals surface area (Å²) in [6, 6.07) is 0. The van der Waals surface area contributed by atoms with Crippen molar-refractivity contribution in [2.45, 2.75) is 32.6 Å². The van der Waals surface area contributed by atoms with E-state index in [1.54, 1.807) is 0 Å². The van der Waals surface area contributed by atoms with E-state index in [1.165, 1.54) is 19.3 Å². The van der Waals surface area contributed by atoms with Crippen LogP contribution < -0.4 is 0 Å². The molecule has 1 aliphatic carbocycles. The Labute approximate surface area is 62.1 Å². The van der Waals surface area contributed by atoms with Crippen molar-refractivity contribution >= 4 is 6.29 Å². The molecule has 0 heterocycles. The van der Waals surface area contributed by atoms with Crippen molar-refractivity contribution in [2.75, 3.05) is 0 Å². The zero-order chi connectivity index (χ0) is 7.40. The summed E-state index contributed by atoms with van der Waals surface area (Å²) in [5, 5.41) is 0. The molecule has 0 N–H and O–H groups in total. The molecule has 0 saturated heterocycles. The maximum absolute atomic E-state index is 10.3. The molecule has 0 bridgehead atoms. The highest BCUT2D eigenvalue weighted by Gasteiger charge is 2.13. The van der Waals surface area contributed by atoms with Crippen molar-refractivity contribution in [2.24, 2.45) is 5.92 Å². The Kier molecular flexibility index (Phi) is 2.67. The molecule has 0 aromatic carbocycles. The van der Waals surface area contributed by atoms with Crippen molar-refractivity contribution in [3.8, 4) is 0 Å². The Morgan fingerprint density at radius 2 is 2.60 bits per heavy atom. The third-order valence-corrected chi connectivity index (χ3v) is 2.06. The Hall–Kier alpha value is -0.590. The van der Waals surface area contributed by atoms with Crippen LogP contribution in [0.25, 0.3) is 0 Å². The largest absolute Gasteiger partial charge is 0.298 e. The Morgan fingerprint density at radius 1 is 1.80 bits per heavy atom. The van der Waals surface area contributed by atoms with E-state index in [1.807, 2.05) is 0 Å². The lowest BCUT2D eigenvalue weighted by molar-refractivity contribution is -0.105. The number of allylic oxidation sites excluding steroid dienone is 2. The molecule has 1 nitrogen and oxygen atoms in total. The predicted molar refractivity (Wildman–Crippen MR) is 41.8 cm³/mol. The van der Waals surface area contributed by atoms with Crippen molar-refractivity contribution in [3.63, 3.8) is 0 Å². The molecule has 0 aromatic heterocycles. The van der Waals surface area contributed by atoms with Gasteiger partial charge >= 0.3 is 0 Å². The van der Waals surface area contributed by atoms with Crippen molar-refractivity contribution < 1.29 is 4.79 Å². The highest BCUT2D eigenvalue weighted by Crippen LogP contribution is 2.25. The van der Waals surface area contributed by atoms with E-state index in [-0.39, 0.29) is 0 Å². The first-order valence-corrected chi connectivity index (χ1v) is 4.02. The minimum Gasteiger partial charge on any atom is -0.298 e. The smallest absolute Gasteiger partial charge is 0.145 e. The van der Waals surface area contributed by atoms with E-state index in [0.717, 1.165) is 18.3 Å². The highest BCUT2D eigenvalue weighted by atomic mass is 16.1. The van der Waals surface area contributed by atoms with Crippen LogP contribution in [0.15, 0.2) is 11.6 Å². The van der Waals surface area contributed by atoms with Gasteiger partial charge in [0, 0.05) is 0 Å². The quantitative estimate of drug-likeness (QED) is 0.547. The van der Waals surface area contributed by atoms with Crippen LogP contribution >= 0.6 is 0 Å². The van der Waals surface area contributed by atoms with Gasteiger partial charge in [0.25, 0.3) is 0 Å². The van der Waals surface area contributed by atoms with Gasteiger partial charge in [0.15, 0.2) is 0 Å². The molecule has 0 saturated carbocycles. The van der Waals surface area contributed by atoms with Crippen LogP contribution in [0.2, 0.25) is 0 Å². The van der Waals surface area contributed by atoms with E-state index >= 15 is 0 Å². The van der Waals surface area contributed by atoms with Gasteiger partial charge in [-0.1, -0.05) is 19.4 Å². The molecular formula is C9H14O. The Bertz CT molecular complexity index is 147. The van der Waals surface area contributed by atoms with Crippen LogP contribution in [0.4, 0.5) is 0 Å². The fourth-order valence-electron chi connectivity index (χ4n) is 1.52. The van der Waals surface area contributed by atoms with Gasteiger partial charge in [-0.05, 0) is 30.8 Å². The average Bonchev–Trinajstić information content (AvgIpc) is 2.37. The molecule has 1 unspecified atom stereocenters. The maximum Gasteiger partial charge on any atom is 0.145 e. The standard InChI is InChI=1S/C9H14O/c1-2-3-8-4-5-9(6-8)7-10/h6-8H,2-5H2,1H3. The molecule has 1 rings (SSSR count). The van der Waals surface area contributed by atoms with E-state index in [9.17, 15) is 4.79 Å². The second-order valence-electron chi connectivity index (χ2n) is 2.95. The number of hydrogen-bond acceptors (Lipinski definition) is 1. The van der Waals surface area contributed by atoms with E-state index in [0.29, 0.717) is 5.92 Å². The molecular weight excluding hydrogens is 124 g/mol. The number of hydrogen-bond donors (Lipinski definition) is 0. The number of carbonyl (C=O) groups is 1. The van der Waals surface area contributed by atoms with Gasteiger partial charge < -0.3 is 0 Å². The topological polar surface area (TPSA) is 17.1 Å². The summed E-state index contributed by atoms with van der Waals surface area (Å²) in [4.78, 5) is 10.3. The lowest BCUT2D eigenvalue weighted by Gasteiger charge is -2.01. The number of carbonyl (C=O) groups excluding carboxylic acids is 1. The molecule has 1 aliphatic rings. The molecule has 0 radical (unpaired) electrons. The van der Waals surface area contributed by atoms with Crippen LogP contribution in [-0.4, -0.2) is 6.29 Å². The number of rotatable bonds is 3. The first kappa shape index (κ1) is 7.52. The first-order valence-electron chi connectivity index (χ1n) is 4.02. The molecule has 0 aliphatic heterocycles. The van der Waals surface area contributed by atoms with Gasteiger partial charge in [0.2, 0.25) is 0 Å². The third kappa shape index (κ3) is 1.69. The van der Waals surface area contributed by atoms with Crippen LogP contribution in [0, 0.1) is 5.92 Å². The normalized spacial score (nSPS) is 24.5. The van der Waals surface area contributed by atoms with E-state index in [2.05, 4.69) is 13.0 Å². The lowest BCUT2D eigenvalue weighted by Crippen LogP contribution is -1.88. The van der Waals surface area contributed by atoms with Crippen LogP contribution in [0.5, 0.6) is 0 Å². The van der Waals surface area contributed by atoms with Gasteiger partial charge in [0.05, 0.1) is 0 Å². The van der Waals surface area contributed by atoms with Crippen LogP contribution in [0.1, 0.15) is 32.6 Å². The summed E-state index contributed by atoms with van der Waals surface area (Å²) in [5.74, 6) is 0.699. The summed E-state index contributed by atoms with van der Waals surface area (Å²) in [5.41, 5.74) is 1.01. The number of aldehydes is 1. The van der Waals surface area contributed by atoms with E-state index in [4.69, 9.17) is 0 Å². The molecule has 0 spiro atoms. The zero-order valence-electron chi connectivity index (χ0n) is 6.47. The molecule has 10 heavy (non-hydrogen) atoms. The minimum atomic E-state index is 0.699. The van der Waals surface area contributed by atoms with Gasteiger partial charge in [-0.3, -0.25) is 4.79 Å². The van der Waals surface area contributed by atoms with Crippen LogP contribution in [0.3, 0.4) is 0 Å². The maximum atomic E-state index is 10.3. The summed E-state index contributed by atoms with van der Waals surface area (Å²) in [7, 11) is 0. The van der Waals surface area contributed by atoms with Gasteiger partial charge in [0.1, 0.15) is 6.29 Å². The fraction of sp³-hybridized carbons (Fsp3) is 0.667. The molecule has 56 valence electrons. The second-order valence-corrected chi connectivity index (χ2v) is 2.95. The van der Waals surface area contributed by atoms with Crippen molar-refractivity contribution in [1.82, 2.24) is 0 Å². The summed E-state index contributed by atoms with van der Waals surface area (Å²) < 4.78 is 0. The molecule has 0 fully saturated rings. The zero-order valence-corrected chi connectivity index (χ0v) is 6.47. The predicted octanol–water partition coefficient (Wildman–Crippen LogP) is 2.32. The fourth-order valence-corrected chi connectivity index (χ4v) is 1.52. The SMILES string of the molecule is CCCC1C=C(C=O)CC1. The molecule has 0 amide bonds. The minimum absolute atomic E-state index is 0.699. The molecule has 1 atom stereocenters. The van der Waals surface area contributed by atoms with Crippen molar-refractivity contribution in [3.05, 3.63) is 11.6 Å². The summed E-state index contributed by atoms with van der Waals surface area (Å²) in [6.45, 7) is 2.19. The van der Waals surface area contributed by atoms with Crippen molar-refractivity contribution in [1.29, 1.82) is 0 Å². The van der Waals surface area contributed by atoms with Gasteiger partial charge in [-0.25, -0.2) is 0 Å². The monoisotopic (exact) mass is 138 g/mol. The summed E-state index contributed by atoms with van der Waals surface area (Å²) in [6.07, 6.45) is 7.81. The van der Waals surface area contributed by atoms with E-state index < -0.39 is 0 Å². The second kappa shape index (κ2) is 3.55. The molecule has 0 aromatic rings. The summed E-state index contributed by atoms with van der Waals surface area (Å²) >= 11 is 0. The van der Waals surface area contributed by atoms with Gasteiger partial charge in [-0.15, -0.1) is 0 Å². The highest BCUT2D eigenvalue weighted by molar-refractivity contribution is 5.73. The van der Waals surface area contributed by atoms with Gasteiger partial charge in [-0.2, -0.15) is 0 Å². The lowest BCUT2D eigenvalue weighted by atomic mass is 10.0. The Morgan fingerprint density at radius 3 is 3.10 bits per heavy atom. The first-order chi connectivity index (χ1) is 4.86. The Balaban J connectivity index is 2.38.